The van der Waals surface area contributed by atoms with Crippen molar-refractivity contribution in [3.05, 3.63) is 75.7 Å². The van der Waals surface area contributed by atoms with Gasteiger partial charge in [-0.15, -0.1) is 11.3 Å². The Morgan fingerprint density at radius 3 is 2.35 bits per heavy atom. The zero-order chi connectivity index (χ0) is 23.8. The number of ether oxygens (including phenoxy) is 2. The molecular weight excluding hydrogens is 452 g/mol. The van der Waals surface area contributed by atoms with E-state index in [2.05, 4.69) is 5.32 Å². The van der Waals surface area contributed by atoms with E-state index in [0.29, 0.717) is 41.6 Å². The van der Waals surface area contributed by atoms with Crippen molar-refractivity contribution in [1.82, 2.24) is 4.90 Å². The lowest BCUT2D eigenvalue weighted by atomic mass is 9.87. The van der Waals surface area contributed by atoms with Crippen LogP contribution < -0.4 is 10.1 Å². The fourth-order valence-electron chi connectivity index (χ4n) is 4.56. The SMILES string of the molecule is CCOC(=O)c1c(NC(=O)C2c3ccccc3Oc3ccccc32)sc2c1CCN(C(C)=O)C2. The fraction of sp³-hybridized carbons (Fsp3) is 0.269. The first-order chi connectivity index (χ1) is 16.5. The highest BCUT2D eigenvalue weighted by Crippen LogP contribution is 2.45. The highest BCUT2D eigenvalue weighted by Gasteiger charge is 2.35. The monoisotopic (exact) mass is 476 g/mol. The van der Waals surface area contributed by atoms with Gasteiger partial charge in [0.1, 0.15) is 16.5 Å². The van der Waals surface area contributed by atoms with E-state index in [1.165, 1.54) is 18.3 Å². The van der Waals surface area contributed by atoms with Crippen LogP contribution in [0.1, 0.15) is 51.7 Å². The van der Waals surface area contributed by atoms with E-state index < -0.39 is 11.9 Å². The number of nitrogens with one attached hydrogen (secondary N) is 1. The molecule has 0 saturated carbocycles. The summed E-state index contributed by atoms with van der Waals surface area (Å²) in [7, 11) is 0. The van der Waals surface area contributed by atoms with E-state index in [0.717, 1.165) is 21.6 Å². The van der Waals surface area contributed by atoms with Crippen LogP contribution in [0.4, 0.5) is 5.00 Å². The number of carbonyl (C=O) groups excluding carboxylic acids is 3. The molecule has 3 heterocycles. The number of anilines is 1. The molecule has 0 unspecified atom stereocenters. The average molecular weight is 477 g/mol. The molecule has 0 spiro atoms. The zero-order valence-electron chi connectivity index (χ0n) is 18.9. The molecule has 1 N–H and O–H groups in total. The minimum absolute atomic E-state index is 0.0160. The van der Waals surface area contributed by atoms with E-state index in [1.54, 1.807) is 11.8 Å². The predicted octanol–water partition coefficient (Wildman–Crippen LogP) is 4.71. The maximum absolute atomic E-state index is 13.7. The quantitative estimate of drug-likeness (QED) is 0.552. The summed E-state index contributed by atoms with van der Waals surface area (Å²) in [6.45, 7) is 4.47. The number of carbonyl (C=O) groups is 3. The molecule has 8 heteroatoms. The van der Waals surface area contributed by atoms with Crippen molar-refractivity contribution in [2.75, 3.05) is 18.5 Å². The molecule has 0 fully saturated rings. The van der Waals surface area contributed by atoms with Gasteiger partial charge in [-0.3, -0.25) is 9.59 Å². The molecule has 0 saturated heterocycles. The predicted molar refractivity (Wildman–Crippen MR) is 129 cm³/mol. The minimum atomic E-state index is -0.593. The van der Waals surface area contributed by atoms with Gasteiger partial charge in [-0.2, -0.15) is 0 Å². The zero-order valence-corrected chi connectivity index (χ0v) is 19.7. The van der Waals surface area contributed by atoms with Gasteiger partial charge in [0, 0.05) is 29.5 Å². The maximum atomic E-state index is 13.7. The molecule has 0 atom stereocenters. The summed E-state index contributed by atoms with van der Waals surface area (Å²) >= 11 is 1.33. The summed E-state index contributed by atoms with van der Waals surface area (Å²) in [4.78, 5) is 41.2. The number of rotatable bonds is 4. The molecule has 2 aliphatic rings. The fourth-order valence-corrected chi connectivity index (χ4v) is 5.81. The van der Waals surface area contributed by atoms with Gasteiger partial charge in [0.15, 0.2) is 0 Å². The lowest BCUT2D eigenvalue weighted by molar-refractivity contribution is -0.129. The van der Waals surface area contributed by atoms with Crippen LogP contribution in [0.3, 0.4) is 0 Å². The summed E-state index contributed by atoms with van der Waals surface area (Å²) in [6.07, 6.45) is 0.540. The first kappa shape index (κ1) is 22.2. The molecule has 0 bridgehead atoms. The number of thiophene rings is 1. The molecule has 0 radical (unpaired) electrons. The highest BCUT2D eigenvalue weighted by atomic mass is 32.1. The van der Waals surface area contributed by atoms with E-state index >= 15 is 0 Å². The molecular formula is C26H24N2O5S. The molecule has 1 aromatic heterocycles. The van der Waals surface area contributed by atoms with Gasteiger partial charge >= 0.3 is 5.97 Å². The van der Waals surface area contributed by atoms with Crippen molar-refractivity contribution in [2.45, 2.75) is 32.7 Å². The molecule has 5 rings (SSSR count). The van der Waals surface area contributed by atoms with Crippen molar-refractivity contribution in [3.63, 3.8) is 0 Å². The lowest BCUT2D eigenvalue weighted by Gasteiger charge is -2.27. The van der Waals surface area contributed by atoms with Crippen molar-refractivity contribution in [3.8, 4) is 11.5 Å². The van der Waals surface area contributed by atoms with Crippen LogP contribution in [0, 0.1) is 0 Å². The number of nitrogens with zero attached hydrogens (tertiary/aromatic N) is 1. The van der Waals surface area contributed by atoms with Gasteiger partial charge in [-0.05, 0) is 31.0 Å². The summed E-state index contributed by atoms with van der Waals surface area (Å²) in [5.41, 5.74) is 2.77. The van der Waals surface area contributed by atoms with Gasteiger partial charge in [0.2, 0.25) is 11.8 Å². The van der Waals surface area contributed by atoms with Gasteiger partial charge in [0.05, 0.1) is 24.6 Å². The number of hydrogen-bond donors (Lipinski definition) is 1. The average Bonchev–Trinajstić information content (AvgIpc) is 3.19. The highest BCUT2D eigenvalue weighted by molar-refractivity contribution is 7.17. The van der Waals surface area contributed by atoms with Crippen LogP contribution in [-0.4, -0.2) is 35.8 Å². The largest absolute Gasteiger partial charge is 0.462 e. The Kier molecular flexibility index (Phi) is 5.83. The molecule has 2 aromatic carbocycles. The van der Waals surface area contributed by atoms with Gasteiger partial charge < -0.3 is 19.7 Å². The Balaban J connectivity index is 1.54. The van der Waals surface area contributed by atoms with E-state index in [1.807, 2.05) is 48.5 Å². The van der Waals surface area contributed by atoms with Crippen LogP contribution in [0.2, 0.25) is 0 Å². The molecule has 174 valence electrons. The summed E-state index contributed by atoms with van der Waals surface area (Å²) in [5, 5.41) is 3.48. The van der Waals surface area contributed by atoms with Crippen LogP contribution >= 0.6 is 11.3 Å². The van der Waals surface area contributed by atoms with E-state index in [9.17, 15) is 14.4 Å². The second-order valence-corrected chi connectivity index (χ2v) is 9.32. The van der Waals surface area contributed by atoms with Crippen LogP contribution in [-0.2, 0) is 27.3 Å². The summed E-state index contributed by atoms with van der Waals surface area (Å²) in [5.74, 6) is -0.0546. The van der Waals surface area contributed by atoms with E-state index in [4.69, 9.17) is 9.47 Å². The number of para-hydroxylation sites is 2. The third kappa shape index (κ3) is 3.84. The summed E-state index contributed by atoms with van der Waals surface area (Å²) < 4.78 is 11.3. The second kappa shape index (κ2) is 8.95. The molecule has 2 aliphatic heterocycles. The Hall–Kier alpha value is -3.65. The number of fused-ring (bicyclic) bond motifs is 3. The second-order valence-electron chi connectivity index (χ2n) is 8.22. The van der Waals surface area contributed by atoms with Crippen molar-refractivity contribution in [1.29, 1.82) is 0 Å². The smallest absolute Gasteiger partial charge is 0.341 e. The van der Waals surface area contributed by atoms with Crippen LogP contribution in [0.15, 0.2) is 48.5 Å². The van der Waals surface area contributed by atoms with Crippen LogP contribution in [0.5, 0.6) is 11.5 Å². The standard InChI is InChI=1S/C26H24N2O5S/c1-3-32-26(31)23-18-12-13-28(15(2)29)14-21(18)34-25(23)27-24(30)22-16-8-4-6-10-19(16)33-20-11-7-5-9-17(20)22/h4-11,22H,3,12-14H2,1-2H3,(H,27,30). The number of esters is 1. The maximum Gasteiger partial charge on any atom is 0.341 e. The molecule has 0 aliphatic carbocycles. The Morgan fingerprint density at radius 2 is 1.74 bits per heavy atom. The third-order valence-electron chi connectivity index (χ3n) is 6.16. The molecule has 7 nitrogen and oxygen atoms in total. The Bertz CT molecular complexity index is 1250. The third-order valence-corrected chi connectivity index (χ3v) is 7.29. The Morgan fingerprint density at radius 1 is 1.09 bits per heavy atom. The van der Waals surface area contributed by atoms with Crippen molar-refractivity contribution < 1.29 is 23.9 Å². The van der Waals surface area contributed by atoms with Gasteiger partial charge in [0.25, 0.3) is 0 Å². The molecule has 3 aromatic rings. The lowest BCUT2D eigenvalue weighted by Crippen LogP contribution is -2.34. The van der Waals surface area contributed by atoms with Crippen LogP contribution in [0.25, 0.3) is 0 Å². The number of amides is 2. The normalized spacial score (nSPS) is 14.4. The number of hydrogen-bond acceptors (Lipinski definition) is 6. The molecule has 2 amide bonds. The Labute approximate surface area is 201 Å². The van der Waals surface area contributed by atoms with Gasteiger partial charge in [-0.1, -0.05) is 36.4 Å². The van der Waals surface area contributed by atoms with E-state index in [-0.39, 0.29) is 18.4 Å². The van der Waals surface area contributed by atoms with Crippen molar-refractivity contribution in [2.24, 2.45) is 0 Å². The topological polar surface area (TPSA) is 84.9 Å². The van der Waals surface area contributed by atoms with Crippen molar-refractivity contribution >= 4 is 34.1 Å². The van der Waals surface area contributed by atoms with Gasteiger partial charge in [-0.25, -0.2) is 4.79 Å². The molecule has 34 heavy (non-hydrogen) atoms. The summed E-state index contributed by atoms with van der Waals surface area (Å²) in [6, 6.07) is 14.9. The first-order valence-electron chi connectivity index (χ1n) is 11.2. The number of benzene rings is 2. The minimum Gasteiger partial charge on any atom is -0.462 e. The first-order valence-corrected chi connectivity index (χ1v) is 12.0.